The molecular formula is C18H20Cl2N2O2. The van der Waals surface area contributed by atoms with Crippen molar-refractivity contribution in [3.05, 3.63) is 33.9 Å². The van der Waals surface area contributed by atoms with Gasteiger partial charge in [-0.25, -0.2) is 4.79 Å². The quantitative estimate of drug-likeness (QED) is 0.720. The number of aromatic nitrogens is 1. The summed E-state index contributed by atoms with van der Waals surface area (Å²) in [6.45, 7) is 6.17. The van der Waals surface area contributed by atoms with Crippen LogP contribution in [0, 0.1) is 5.92 Å². The zero-order chi connectivity index (χ0) is 17.3. The van der Waals surface area contributed by atoms with E-state index in [0.717, 1.165) is 37.0 Å². The molecule has 1 fully saturated rings. The summed E-state index contributed by atoms with van der Waals surface area (Å²) in [5.74, 6) is 0.338. The van der Waals surface area contributed by atoms with Crippen LogP contribution in [-0.4, -0.2) is 30.6 Å². The van der Waals surface area contributed by atoms with Crippen LogP contribution in [0.5, 0.6) is 0 Å². The molecule has 0 bridgehead atoms. The van der Waals surface area contributed by atoms with E-state index in [9.17, 15) is 4.79 Å². The molecule has 24 heavy (non-hydrogen) atoms. The minimum atomic E-state index is -0.355. The third-order valence-corrected chi connectivity index (χ3v) is 5.29. The fourth-order valence-corrected chi connectivity index (χ4v) is 3.49. The summed E-state index contributed by atoms with van der Waals surface area (Å²) in [5, 5.41) is 1.71. The topological polar surface area (TPSA) is 42.4 Å². The zero-order valence-electron chi connectivity index (χ0n) is 13.8. The SMILES string of the molecule is CCOC(=O)c1cnc2c(Cl)c(Cl)ccc2c1N1CCC(C)CC1. The number of benzene rings is 1. The Labute approximate surface area is 151 Å². The molecule has 0 unspecified atom stereocenters. The Balaban J connectivity index is 2.18. The van der Waals surface area contributed by atoms with E-state index >= 15 is 0 Å². The Kier molecular flexibility index (Phi) is 5.16. The van der Waals surface area contributed by atoms with Gasteiger partial charge in [0.15, 0.2) is 0 Å². The monoisotopic (exact) mass is 366 g/mol. The average Bonchev–Trinajstić information content (AvgIpc) is 2.58. The number of ether oxygens (including phenoxy) is 1. The molecule has 0 radical (unpaired) electrons. The number of anilines is 1. The van der Waals surface area contributed by atoms with Gasteiger partial charge in [0, 0.05) is 24.7 Å². The molecular weight excluding hydrogens is 347 g/mol. The van der Waals surface area contributed by atoms with Crippen molar-refractivity contribution in [2.75, 3.05) is 24.6 Å². The summed E-state index contributed by atoms with van der Waals surface area (Å²) in [7, 11) is 0. The number of rotatable bonds is 3. The van der Waals surface area contributed by atoms with E-state index in [1.54, 1.807) is 19.2 Å². The molecule has 1 aliphatic heterocycles. The van der Waals surface area contributed by atoms with Gasteiger partial charge in [-0.3, -0.25) is 4.98 Å². The number of fused-ring (bicyclic) bond motifs is 1. The first kappa shape index (κ1) is 17.3. The van der Waals surface area contributed by atoms with Gasteiger partial charge in [-0.2, -0.15) is 0 Å². The smallest absolute Gasteiger partial charge is 0.341 e. The Bertz CT molecular complexity index is 771. The normalized spacial score (nSPS) is 15.8. The molecule has 0 spiro atoms. The summed E-state index contributed by atoms with van der Waals surface area (Å²) >= 11 is 12.4. The van der Waals surface area contributed by atoms with Gasteiger partial charge >= 0.3 is 5.97 Å². The molecule has 1 aromatic heterocycles. The Morgan fingerprint density at radius 2 is 2.04 bits per heavy atom. The predicted octanol–water partition coefficient (Wildman–Crippen LogP) is 4.95. The lowest BCUT2D eigenvalue weighted by molar-refractivity contribution is 0.0526. The van der Waals surface area contributed by atoms with Gasteiger partial charge in [0.05, 0.1) is 27.9 Å². The first-order valence-corrected chi connectivity index (χ1v) is 8.97. The van der Waals surface area contributed by atoms with E-state index in [4.69, 9.17) is 27.9 Å². The fraction of sp³-hybridized carbons (Fsp3) is 0.444. The van der Waals surface area contributed by atoms with Crippen LogP contribution in [0.4, 0.5) is 5.69 Å². The molecule has 0 N–H and O–H groups in total. The van der Waals surface area contributed by atoms with Crippen molar-refractivity contribution in [3.63, 3.8) is 0 Å². The Morgan fingerprint density at radius 3 is 2.71 bits per heavy atom. The van der Waals surface area contributed by atoms with Crippen molar-refractivity contribution in [3.8, 4) is 0 Å². The van der Waals surface area contributed by atoms with Crippen LogP contribution in [0.1, 0.15) is 37.0 Å². The lowest BCUT2D eigenvalue weighted by Crippen LogP contribution is -2.34. The van der Waals surface area contributed by atoms with Crippen LogP contribution in [0.25, 0.3) is 10.9 Å². The number of carbonyl (C=O) groups is 1. The van der Waals surface area contributed by atoms with Gasteiger partial charge < -0.3 is 9.64 Å². The molecule has 1 saturated heterocycles. The van der Waals surface area contributed by atoms with E-state index in [-0.39, 0.29) is 5.97 Å². The number of nitrogens with zero attached hydrogens (tertiary/aromatic N) is 2. The second-order valence-electron chi connectivity index (χ2n) is 6.17. The Morgan fingerprint density at radius 1 is 1.33 bits per heavy atom. The summed E-state index contributed by atoms with van der Waals surface area (Å²) < 4.78 is 5.22. The summed E-state index contributed by atoms with van der Waals surface area (Å²) in [4.78, 5) is 19.0. The highest BCUT2D eigenvalue weighted by atomic mass is 35.5. The van der Waals surface area contributed by atoms with Crippen molar-refractivity contribution in [1.29, 1.82) is 0 Å². The maximum Gasteiger partial charge on any atom is 0.341 e. The summed E-state index contributed by atoms with van der Waals surface area (Å²) in [6, 6.07) is 3.63. The highest BCUT2D eigenvalue weighted by Crippen LogP contribution is 2.38. The van der Waals surface area contributed by atoms with Crippen molar-refractivity contribution in [1.82, 2.24) is 4.98 Å². The summed E-state index contributed by atoms with van der Waals surface area (Å²) in [5.41, 5.74) is 1.95. The fourth-order valence-electron chi connectivity index (χ4n) is 3.12. The van der Waals surface area contributed by atoms with E-state index in [1.165, 1.54) is 0 Å². The third-order valence-electron chi connectivity index (χ3n) is 4.50. The number of carbonyl (C=O) groups excluding carboxylic acids is 1. The largest absolute Gasteiger partial charge is 0.462 e. The molecule has 2 heterocycles. The second-order valence-corrected chi connectivity index (χ2v) is 6.95. The first-order chi connectivity index (χ1) is 11.5. The zero-order valence-corrected chi connectivity index (χ0v) is 15.3. The average molecular weight is 367 g/mol. The van der Waals surface area contributed by atoms with Gasteiger partial charge in [0.2, 0.25) is 0 Å². The maximum absolute atomic E-state index is 12.4. The van der Waals surface area contributed by atoms with Crippen molar-refractivity contribution in [2.24, 2.45) is 5.92 Å². The molecule has 0 saturated carbocycles. The molecule has 4 nitrogen and oxygen atoms in total. The lowest BCUT2D eigenvalue weighted by Gasteiger charge is -2.34. The van der Waals surface area contributed by atoms with Crippen LogP contribution >= 0.6 is 23.2 Å². The van der Waals surface area contributed by atoms with Crippen LogP contribution in [0.15, 0.2) is 18.3 Å². The molecule has 0 atom stereocenters. The molecule has 3 rings (SSSR count). The van der Waals surface area contributed by atoms with E-state index in [2.05, 4.69) is 16.8 Å². The summed E-state index contributed by atoms with van der Waals surface area (Å²) in [6.07, 6.45) is 3.73. The van der Waals surface area contributed by atoms with E-state index in [1.807, 2.05) is 6.07 Å². The van der Waals surface area contributed by atoms with Crippen molar-refractivity contribution in [2.45, 2.75) is 26.7 Å². The standard InChI is InChI=1S/C18H20Cl2N2O2/c1-3-24-18(23)13-10-21-16-12(4-5-14(19)15(16)20)17(13)22-8-6-11(2)7-9-22/h4-5,10-11H,3,6-9H2,1-2H3. The molecule has 1 aromatic carbocycles. The van der Waals surface area contributed by atoms with Crippen LogP contribution in [-0.2, 0) is 4.74 Å². The number of halogens is 2. The number of hydrogen-bond acceptors (Lipinski definition) is 4. The molecule has 1 aliphatic rings. The Hall–Kier alpha value is -1.52. The molecule has 2 aromatic rings. The maximum atomic E-state index is 12.4. The minimum absolute atomic E-state index is 0.328. The van der Waals surface area contributed by atoms with Crippen molar-refractivity contribution >= 4 is 45.8 Å². The van der Waals surface area contributed by atoms with Gasteiger partial charge in [-0.15, -0.1) is 0 Å². The highest BCUT2D eigenvalue weighted by molar-refractivity contribution is 6.45. The highest BCUT2D eigenvalue weighted by Gasteiger charge is 2.25. The number of hydrogen-bond donors (Lipinski definition) is 0. The van der Waals surface area contributed by atoms with Crippen LogP contribution < -0.4 is 4.90 Å². The number of pyridine rings is 1. The predicted molar refractivity (Wildman–Crippen MR) is 98.3 cm³/mol. The lowest BCUT2D eigenvalue weighted by atomic mass is 9.97. The van der Waals surface area contributed by atoms with Crippen molar-refractivity contribution < 1.29 is 9.53 Å². The second kappa shape index (κ2) is 7.16. The third kappa shape index (κ3) is 3.17. The van der Waals surface area contributed by atoms with E-state index in [0.29, 0.717) is 33.7 Å². The van der Waals surface area contributed by atoms with Gasteiger partial charge in [0.25, 0.3) is 0 Å². The van der Waals surface area contributed by atoms with E-state index < -0.39 is 0 Å². The number of piperidine rings is 1. The first-order valence-electron chi connectivity index (χ1n) is 8.21. The van der Waals surface area contributed by atoms with Gasteiger partial charge in [-0.05, 0) is 37.8 Å². The minimum Gasteiger partial charge on any atom is -0.462 e. The molecule has 0 amide bonds. The molecule has 6 heteroatoms. The van der Waals surface area contributed by atoms with Gasteiger partial charge in [0.1, 0.15) is 5.56 Å². The van der Waals surface area contributed by atoms with Gasteiger partial charge in [-0.1, -0.05) is 30.1 Å². The van der Waals surface area contributed by atoms with Crippen LogP contribution in [0.3, 0.4) is 0 Å². The number of esters is 1. The molecule has 0 aliphatic carbocycles. The van der Waals surface area contributed by atoms with Crippen LogP contribution in [0.2, 0.25) is 10.0 Å². The molecule has 128 valence electrons.